The molecule has 0 aliphatic heterocycles. The molecule has 0 aromatic heterocycles. The number of halogens is 2. The fourth-order valence-corrected chi connectivity index (χ4v) is 1.99. The van der Waals surface area contributed by atoms with Gasteiger partial charge in [0.15, 0.2) is 0 Å². The number of hydrogen-bond donors (Lipinski definition) is 2. The van der Waals surface area contributed by atoms with Crippen molar-refractivity contribution in [3.05, 3.63) is 64.7 Å². The van der Waals surface area contributed by atoms with Crippen molar-refractivity contribution in [1.82, 2.24) is 5.32 Å². The maximum absolute atomic E-state index is 13.4. The first-order chi connectivity index (χ1) is 9.97. The summed E-state index contributed by atoms with van der Waals surface area (Å²) in [6.45, 7) is 4.21. The lowest BCUT2D eigenvalue weighted by atomic mass is 10.1. The first-order valence-corrected chi connectivity index (χ1v) is 6.52. The van der Waals surface area contributed by atoms with Crippen LogP contribution in [0.15, 0.2) is 36.4 Å². The zero-order chi connectivity index (χ0) is 15.4. The molecule has 2 amide bonds. The van der Waals surface area contributed by atoms with Gasteiger partial charge in [-0.3, -0.25) is 0 Å². The molecule has 0 heterocycles. The average Bonchev–Trinajstić information content (AvgIpc) is 2.42. The number of para-hydroxylation sites is 1. The van der Waals surface area contributed by atoms with Crippen molar-refractivity contribution in [3.8, 4) is 0 Å². The normalized spacial score (nSPS) is 10.3. The predicted molar refractivity (Wildman–Crippen MR) is 78.1 cm³/mol. The second-order valence-corrected chi connectivity index (χ2v) is 4.83. The van der Waals surface area contributed by atoms with E-state index in [0.29, 0.717) is 0 Å². The van der Waals surface area contributed by atoms with Crippen LogP contribution in [-0.4, -0.2) is 6.03 Å². The van der Waals surface area contributed by atoms with Crippen molar-refractivity contribution in [3.63, 3.8) is 0 Å². The first kappa shape index (κ1) is 15.0. The summed E-state index contributed by atoms with van der Waals surface area (Å²) in [5.41, 5.74) is 2.68. The Morgan fingerprint density at radius 1 is 1.10 bits per heavy atom. The third kappa shape index (κ3) is 3.78. The summed E-state index contributed by atoms with van der Waals surface area (Å²) in [5.74, 6) is -1.62. The monoisotopic (exact) mass is 290 g/mol. The van der Waals surface area contributed by atoms with E-state index in [1.807, 2.05) is 32.0 Å². The maximum atomic E-state index is 13.4. The summed E-state index contributed by atoms with van der Waals surface area (Å²) in [5, 5.41) is 4.76. The highest BCUT2D eigenvalue weighted by Gasteiger charge is 2.11. The van der Waals surface area contributed by atoms with Gasteiger partial charge in [-0.1, -0.05) is 29.8 Å². The van der Waals surface area contributed by atoms with Crippen LogP contribution in [0.2, 0.25) is 0 Å². The Kier molecular flexibility index (Phi) is 4.52. The first-order valence-electron chi connectivity index (χ1n) is 6.52. The van der Waals surface area contributed by atoms with Gasteiger partial charge in [0.2, 0.25) is 0 Å². The van der Waals surface area contributed by atoms with Gasteiger partial charge in [0.1, 0.15) is 17.3 Å². The number of aryl methyl sites for hydroxylation is 2. The number of carbonyl (C=O) groups excluding carboxylic acids is 1. The third-order valence-electron chi connectivity index (χ3n) is 3.14. The molecule has 5 heteroatoms. The molecule has 0 fully saturated rings. The zero-order valence-electron chi connectivity index (χ0n) is 11.8. The molecule has 2 aromatic rings. The molecule has 0 radical (unpaired) electrons. The van der Waals surface area contributed by atoms with E-state index >= 15 is 0 Å². The van der Waals surface area contributed by atoms with Crippen LogP contribution in [0.25, 0.3) is 0 Å². The van der Waals surface area contributed by atoms with Crippen molar-refractivity contribution >= 4 is 11.7 Å². The number of amides is 2. The molecule has 0 unspecified atom stereocenters. The minimum atomic E-state index is -0.809. The van der Waals surface area contributed by atoms with Crippen molar-refractivity contribution in [2.45, 2.75) is 20.4 Å². The lowest BCUT2D eigenvalue weighted by Crippen LogP contribution is -2.29. The molecule has 0 aliphatic carbocycles. The van der Waals surface area contributed by atoms with Crippen LogP contribution in [0.1, 0.15) is 16.7 Å². The minimum absolute atomic E-state index is 0.286. The highest BCUT2D eigenvalue weighted by molar-refractivity contribution is 5.89. The fourth-order valence-electron chi connectivity index (χ4n) is 1.99. The molecule has 2 N–H and O–H groups in total. The van der Waals surface area contributed by atoms with Crippen LogP contribution in [-0.2, 0) is 6.54 Å². The molecule has 0 spiro atoms. The van der Waals surface area contributed by atoms with E-state index in [9.17, 15) is 13.6 Å². The third-order valence-corrected chi connectivity index (χ3v) is 3.14. The molecular weight excluding hydrogens is 274 g/mol. The molecule has 21 heavy (non-hydrogen) atoms. The number of anilines is 1. The second-order valence-electron chi connectivity index (χ2n) is 4.83. The van der Waals surface area contributed by atoms with Crippen LogP contribution in [0, 0.1) is 25.5 Å². The Morgan fingerprint density at radius 3 is 2.38 bits per heavy atom. The molecule has 2 rings (SSSR count). The summed E-state index contributed by atoms with van der Waals surface area (Å²) >= 11 is 0. The van der Waals surface area contributed by atoms with E-state index in [1.54, 1.807) is 0 Å². The van der Waals surface area contributed by atoms with Crippen LogP contribution >= 0.6 is 0 Å². The zero-order valence-corrected chi connectivity index (χ0v) is 11.8. The standard InChI is InChI=1S/C16H16F2N2O/c1-10-6-7-12(11(2)8-10)9-19-16(21)20-15-13(17)4-3-5-14(15)18/h3-8H,9H2,1-2H3,(H2,19,20,21). The van der Waals surface area contributed by atoms with Gasteiger partial charge in [-0.25, -0.2) is 13.6 Å². The quantitative estimate of drug-likeness (QED) is 0.884. The van der Waals surface area contributed by atoms with Crippen molar-refractivity contribution in [2.24, 2.45) is 0 Å². The average molecular weight is 290 g/mol. The Balaban J connectivity index is 1.99. The van der Waals surface area contributed by atoms with Gasteiger partial charge in [0, 0.05) is 6.54 Å². The van der Waals surface area contributed by atoms with Gasteiger partial charge in [-0.05, 0) is 37.1 Å². The summed E-state index contributed by atoms with van der Waals surface area (Å²) < 4.78 is 26.8. The van der Waals surface area contributed by atoms with Gasteiger partial charge in [0.25, 0.3) is 0 Å². The fraction of sp³-hybridized carbons (Fsp3) is 0.188. The number of benzene rings is 2. The van der Waals surface area contributed by atoms with E-state index in [-0.39, 0.29) is 6.54 Å². The second kappa shape index (κ2) is 6.35. The highest BCUT2D eigenvalue weighted by atomic mass is 19.1. The number of nitrogens with one attached hydrogen (secondary N) is 2. The van der Waals surface area contributed by atoms with E-state index in [4.69, 9.17) is 0 Å². The van der Waals surface area contributed by atoms with E-state index < -0.39 is 23.4 Å². The molecule has 110 valence electrons. The Hall–Kier alpha value is -2.43. The SMILES string of the molecule is Cc1ccc(CNC(=O)Nc2c(F)cccc2F)c(C)c1. The molecular formula is C16H16F2N2O. The number of hydrogen-bond acceptors (Lipinski definition) is 1. The molecule has 0 saturated heterocycles. The van der Waals surface area contributed by atoms with Crippen molar-refractivity contribution in [1.29, 1.82) is 0 Å². The van der Waals surface area contributed by atoms with Gasteiger partial charge in [-0.2, -0.15) is 0 Å². The Morgan fingerprint density at radius 2 is 1.76 bits per heavy atom. The number of carbonyl (C=O) groups is 1. The highest BCUT2D eigenvalue weighted by Crippen LogP contribution is 2.17. The van der Waals surface area contributed by atoms with Gasteiger partial charge < -0.3 is 10.6 Å². The van der Waals surface area contributed by atoms with Gasteiger partial charge >= 0.3 is 6.03 Å². The number of urea groups is 1. The van der Waals surface area contributed by atoms with Crippen molar-refractivity contribution in [2.75, 3.05) is 5.32 Å². The van der Waals surface area contributed by atoms with E-state index in [2.05, 4.69) is 10.6 Å². The molecule has 2 aromatic carbocycles. The van der Waals surface area contributed by atoms with Crippen molar-refractivity contribution < 1.29 is 13.6 Å². The summed E-state index contributed by atoms with van der Waals surface area (Å²) in [7, 11) is 0. The lowest BCUT2D eigenvalue weighted by molar-refractivity contribution is 0.251. The Bertz CT molecular complexity index is 651. The predicted octanol–water partition coefficient (Wildman–Crippen LogP) is 3.90. The summed E-state index contributed by atoms with van der Waals surface area (Å²) in [6.07, 6.45) is 0. The molecule has 0 saturated carbocycles. The number of rotatable bonds is 3. The molecule has 0 bridgehead atoms. The maximum Gasteiger partial charge on any atom is 0.319 e. The van der Waals surface area contributed by atoms with Crippen LogP contribution in [0.4, 0.5) is 19.3 Å². The van der Waals surface area contributed by atoms with E-state index in [1.165, 1.54) is 6.07 Å². The lowest BCUT2D eigenvalue weighted by Gasteiger charge is -2.11. The largest absolute Gasteiger partial charge is 0.334 e. The van der Waals surface area contributed by atoms with Crippen LogP contribution in [0.5, 0.6) is 0 Å². The topological polar surface area (TPSA) is 41.1 Å². The molecule has 0 atom stereocenters. The van der Waals surface area contributed by atoms with Crippen LogP contribution in [0.3, 0.4) is 0 Å². The Labute approximate surface area is 122 Å². The molecule has 3 nitrogen and oxygen atoms in total. The van der Waals surface area contributed by atoms with Crippen LogP contribution < -0.4 is 10.6 Å². The molecule has 0 aliphatic rings. The smallest absolute Gasteiger partial charge is 0.319 e. The summed E-state index contributed by atoms with van der Waals surface area (Å²) in [6, 6.07) is 8.62. The summed E-state index contributed by atoms with van der Waals surface area (Å²) in [4.78, 5) is 11.7. The van der Waals surface area contributed by atoms with Gasteiger partial charge in [-0.15, -0.1) is 0 Å². The minimum Gasteiger partial charge on any atom is -0.334 e. The van der Waals surface area contributed by atoms with Gasteiger partial charge in [0.05, 0.1) is 0 Å². The van der Waals surface area contributed by atoms with E-state index in [0.717, 1.165) is 28.8 Å².